The predicted octanol–water partition coefficient (Wildman–Crippen LogP) is -2.45. The van der Waals surface area contributed by atoms with Crippen LogP contribution in [0.5, 0.6) is 0 Å². The number of rotatable bonds is 1. The van der Waals surface area contributed by atoms with Gasteiger partial charge in [0.2, 0.25) is 10.5 Å². The van der Waals surface area contributed by atoms with Crippen LogP contribution in [0.3, 0.4) is 0 Å². The van der Waals surface area contributed by atoms with Crippen molar-refractivity contribution in [3.8, 4) is 0 Å². The van der Waals surface area contributed by atoms with Crippen LogP contribution in [0.2, 0.25) is 0 Å². The molecule has 60 valence electrons. The van der Waals surface area contributed by atoms with Gasteiger partial charge >= 0.3 is 5.69 Å². The maximum Gasteiger partial charge on any atom is 0.359 e. The molecule has 11 heavy (non-hydrogen) atoms. The molecule has 5 nitrogen and oxygen atoms in total. The van der Waals surface area contributed by atoms with Crippen LogP contribution in [0.4, 0.5) is 0 Å². The highest BCUT2D eigenvalue weighted by Crippen LogP contribution is 1.78. The molecule has 0 unspecified atom stereocenters. The Morgan fingerprint density at radius 3 is 2.82 bits per heavy atom. The Labute approximate surface area is 65.1 Å². The lowest BCUT2D eigenvalue weighted by Crippen LogP contribution is -2.33. The van der Waals surface area contributed by atoms with Gasteiger partial charge in [0, 0.05) is 5.56 Å². The van der Waals surface area contributed by atoms with Crippen LogP contribution in [0.15, 0.2) is 15.8 Å². The number of nitrogens with one attached hydrogen (secondary N) is 1. The highest BCUT2D eigenvalue weighted by molar-refractivity contribution is 5.98. The molecule has 0 saturated carbocycles. The molecular weight excluding hydrogens is 164 g/mol. The van der Waals surface area contributed by atoms with Gasteiger partial charge in [-0.3, -0.25) is 9.78 Å². The first kappa shape index (κ1) is 7.80. The quantitative estimate of drug-likeness (QED) is 0.478. The Balaban J connectivity index is 3.45. The summed E-state index contributed by atoms with van der Waals surface area (Å²) in [4.78, 5) is 23.7. The summed E-state index contributed by atoms with van der Waals surface area (Å²) in [5.41, 5.74) is -0.444. The fourth-order valence-corrected chi connectivity index (χ4v) is 0.951. The number of aryl methyl sites for hydroxylation is 1. The molecule has 0 aromatic carbocycles. The number of hydrogen-bond donors (Lipinski definition) is 1. The van der Waals surface area contributed by atoms with Crippen LogP contribution in [0.25, 0.3) is 0 Å². The Kier molecular flexibility index (Phi) is 1.95. The Morgan fingerprint density at radius 1 is 1.64 bits per heavy atom. The van der Waals surface area contributed by atoms with Gasteiger partial charge in [-0.25, -0.2) is 4.79 Å². The molecule has 0 atom stereocenters. The smallest absolute Gasteiger partial charge is 0.359 e. The first-order valence-corrected chi connectivity index (χ1v) is 3.84. The first-order chi connectivity index (χ1) is 5.15. The van der Waals surface area contributed by atoms with Crippen molar-refractivity contribution < 1.29 is 4.53 Å². The van der Waals surface area contributed by atoms with Gasteiger partial charge in [-0.2, -0.15) is 4.73 Å². The van der Waals surface area contributed by atoms with Gasteiger partial charge in [0.25, 0.3) is 5.56 Å². The lowest BCUT2D eigenvalue weighted by molar-refractivity contribution is 0.278. The Bertz CT molecular complexity index is 367. The molecular formula is C5H8N2O3Si. The third-order valence-electron chi connectivity index (χ3n) is 1.29. The summed E-state index contributed by atoms with van der Waals surface area (Å²) in [5.74, 6) is 0. The second-order valence-electron chi connectivity index (χ2n) is 2.08. The summed E-state index contributed by atoms with van der Waals surface area (Å²) in [6.07, 6.45) is 1.37. The van der Waals surface area contributed by atoms with E-state index in [2.05, 4.69) is 4.98 Å². The largest absolute Gasteiger partial charge is 0.478 e. The third kappa shape index (κ3) is 1.40. The number of aromatic amines is 1. The number of aromatic nitrogens is 2. The van der Waals surface area contributed by atoms with E-state index < -0.39 is 5.69 Å². The molecule has 1 aromatic rings. The molecule has 1 aromatic heterocycles. The highest BCUT2D eigenvalue weighted by Gasteiger charge is 1.97. The molecule has 0 aliphatic rings. The lowest BCUT2D eigenvalue weighted by Gasteiger charge is -2.02. The van der Waals surface area contributed by atoms with Crippen molar-refractivity contribution in [3.05, 3.63) is 32.6 Å². The van der Waals surface area contributed by atoms with E-state index in [0.717, 1.165) is 4.73 Å². The number of H-pyrrole nitrogens is 1. The van der Waals surface area contributed by atoms with E-state index in [1.54, 1.807) is 6.92 Å². The van der Waals surface area contributed by atoms with Gasteiger partial charge < -0.3 is 4.53 Å². The predicted molar refractivity (Wildman–Crippen MR) is 42.6 cm³/mol. The molecule has 0 saturated heterocycles. The van der Waals surface area contributed by atoms with Crippen LogP contribution >= 0.6 is 0 Å². The van der Waals surface area contributed by atoms with Crippen molar-refractivity contribution in [2.45, 2.75) is 6.92 Å². The minimum atomic E-state index is -0.532. The van der Waals surface area contributed by atoms with E-state index >= 15 is 0 Å². The van der Waals surface area contributed by atoms with Crippen molar-refractivity contribution in [3.63, 3.8) is 0 Å². The molecule has 1 N–H and O–H groups in total. The van der Waals surface area contributed by atoms with Crippen molar-refractivity contribution in [2.24, 2.45) is 0 Å². The summed E-state index contributed by atoms with van der Waals surface area (Å²) in [6.45, 7) is 1.61. The Hall–Kier alpha value is -1.30. The first-order valence-electron chi connectivity index (χ1n) is 3.02. The van der Waals surface area contributed by atoms with E-state index in [-0.39, 0.29) is 5.56 Å². The van der Waals surface area contributed by atoms with E-state index in [1.165, 1.54) is 6.20 Å². The zero-order valence-electron chi connectivity index (χ0n) is 6.25. The fraction of sp³-hybridized carbons (Fsp3) is 0.200. The zero-order valence-corrected chi connectivity index (χ0v) is 8.25. The van der Waals surface area contributed by atoms with Gasteiger partial charge in [0.1, 0.15) is 0 Å². The van der Waals surface area contributed by atoms with Crippen molar-refractivity contribution in [1.82, 2.24) is 9.71 Å². The van der Waals surface area contributed by atoms with Gasteiger partial charge in [-0.05, 0) is 6.92 Å². The van der Waals surface area contributed by atoms with Gasteiger partial charge in [-0.15, -0.1) is 0 Å². The second kappa shape index (κ2) is 2.75. The molecule has 1 heterocycles. The molecule has 0 fully saturated rings. The van der Waals surface area contributed by atoms with Crippen molar-refractivity contribution in [1.29, 1.82) is 0 Å². The van der Waals surface area contributed by atoms with Gasteiger partial charge in [-0.1, -0.05) is 0 Å². The normalized spacial score (nSPS) is 9.91. The van der Waals surface area contributed by atoms with Crippen LogP contribution in [-0.2, 0) is 0 Å². The van der Waals surface area contributed by atoms with Crippen LogP contribution < -0.4 is 15.8 Å². The number of hydrogen-bond acceptors (Lipinski definition) is 3. The summed E-state index contributed by atoms with van der Waals surface area (Å²) in [5, 5.41) is 0. The fourth-order valence-electron chi connectivity index (χ4n) is 0.680. The number of nitrogens with zero attached hydrogens (tertiary/aromatic N) is 1. The summed E-state index contributed by atoms with van der Waals surface area (Å²) < 4.78 is 5.77. The van der Waals surface area contributed by atoms with E-state index in [1.807, 2.05) is 0 Å². The minimum Gasteiger partial charge on any atom is -0.478 e. The maximum atomic E-state index is 10.8. The van der Waals surface area contributed by atoms with Gasteiger partial charge in [0.05, 0.1) is 6.20 Å². The minimum absolute atomic E-state index is 0.370. The monoisotopic (exact) mass is 172 g/mol. The average Bonchev–Trinajstić information content (AvgIpc) is 1.97. The van der Waals surface area contributed by atoms with Crippen LogP contribution in [0, 0.1) is 6.92 Å². The molecule has 0 aliphatic heterocycles. The molecule has 0 aliphatic carbocycles. The summed E-state index contributed by atoms with van der Waals surface area (Å²) in [7, 11) is 0.412. The van der Waals surface area contributed by atoms with Crippen LogP contribution in [0.1, 0.15) is 5.56 Å². The molecule has 0 amide bonds. The molecule has 0 bridgehead atoms. The SMILES string of the molecule is Cc1cn(O[SiH3])c(=O)[nH]c1=O. The van der Waals surface area contributed by atoms with Crippen LogP contribution in [-0.4, -0.2) is 20.2 Å². The molecule has 0 radical (unpaired) electrons. The molecule has 1 rings (SSSR count). The summed E-state index contributed by atoms with van der Waals surface area (Å²) >= 11 is 0. The topological polar surface area (TPSA) is 64.1 Å². The van der Waals surface area contributed by atoms with Gasteiger partial charge in [0.15, 0.2) is 0 Å². The maximum absolute atomic E-state index is 10.8. The summed E-state index contributed by atoms with van der Waals surface area (Å²) in [6, 6.07) is 0. The standard InChI is InChI=1S/C5H8N2O3Si/c1-3-2-7(10-11)5(9)6-4(3)8/h2H,1,11H3,(H,6,8,9). The van der Waals surface area contributed by atoms with E-state index in [0.29, 0.717) is 16.0 Å². The van der Waals surface area contributed by atoms with Crippen molar-refractivity contribution >= 4 is 10.5 Å². The third-order valence-corrected chi connectivity index (χ3v) is 1.68. The molecule has 6 heteroatoms. The van der Waals surface area contributed by atoms with E-state index in [9.17, 15) is 9.59 Å². The zero-order chi connectivity index (χ0) is 8.43. The lowest BCUT2D eigenvalue weighted by atomic mass is 10.4. The molecule has 0 spiro atoms. The highest BCUT2D eigenvalue weighted by atomic mass is 28.2. The van der Waals surface area contributed by atoms with Crippen molar-refractivity contribution in [2.75, 3.05) is 0 Å². The average molecular weight is 172 g/mol. The Morgan fingerprint density at radius 2 is 2.27 bits per heavy atom. The van der Waals surface area contributed by atoms with E-state index in [4.69, 9.17) is 4.53 Å². The second-order valence-corrected chi connectivity index (χ2v) is 2.44.